The summed E-state index contributed by atoms with van der Waals surface area (Å²) in [6.45, 7) is 1.84. The number of nitrogens with one attached hydrogen (secondary N) is 1. The second kappa shape index (κ2) is 8.80. The number of hydrogen-bond acceptors (Lipinski definition) is 7. The molecule has 1 amide bonds. The van der Waals surface area contributed by atoms with Gasteiger partial charge in [0.15, 0.2) is 0 Å². The van der Waals surface area contributed by atoms with E-state index in [1.807, 2.05) is 25.1 Å². The molecule has 1 saturated heterocycles. The Morgan fingerprint density at radius 3 is 2.72 bits per heavy atom. The van der Waals surface area contributed by atoms with Gasteiger partial charge in [-0.15, -0.1) is 0 Å². The number of rotatable bonds is 6. The number of carbonyl (C=O) groups excluding carboxylic acids is 2. The number of amides is 1. The van der Waals surface area contributed by atoms with Crippen molar-refractivity contribution < 1.29 is 23.8 Å². The minimum atomic E-state index is -1.13. The van der Waals surface area contributed by atoms with Crippen molar-refractivity contribution >= 4 is 46.3 Å². The van der Waals surface area contributed by atoms with Crippen molar-refractivity contribution in [1.29, 1.82) is 0 Å². The van der Waals surface area contributed by atoms with Crippen LogP contribution in [0.4, 0.5) is 0 Å². The standard InChI is InChI=1S/C17H17NO5S2/c1-10(13-14(19)18-17(24)25-13)7-8-11-5-4-6-12(9-11)23-16(22-3)15(20)21-2/h4-9,16H,1-3H3,(H,18,19,24). The molecular weight excluding hydrogens is 362 g/mol. The first kappa shape index (κ1) is 19.2. The molecule has 1 unspecified atom stereocenters. The van der Waals surface area contributed by atoms with Gasteiger partial charge >= 0.3 is 5.97 Å². The molecule has 1 aliphatic heterocycles. The summed E-state index contributed by atoms with van der Waals surface area (Å²) in [5, 5.41) is 2.59. The molecule has 1 N–H and O–H groups in total. The van der Waals surface area contributed by atoms with Crippen molar-refractivity contribution in [3.8, 4) is 5.75 Å². The van der Waals surface area contributed by atoms with Crippen LogP contribution in [0.3, 0.4) is 0 Å². The Morgan fingerprint density at radius 1 is 1.36 bits per heavy atom. The summed E-state index contributed by atoms with van der Waals surface area (Å²) in [5.74, 6) is -0.349. The number of esters is 1. The molecule has 0 saturated carbocycles. The molecule has 132 valence electrons. The molecule has 1 atom stereocenters. The zero-order valence-electron chi connectivity index (χ0n) is 13.9. The predicted octanol–water partition coefficient (Wildman–Crippen LogP) is 2.65. The molecule has 1 aromatic rings. The molecule has 1 fully saturated rings. The maximum Gasteiger partial charge on any atom is 0.376 e. The van der Waals surface area contributed by atoms with Crippen LogP contribution >= 0.6 is 24.0 Å². The highest BCUT2D eigenvalue weighted by Crippen LogP contribution is 2.27. The van der Waals surface area contributed by atoms with Gasteiger partial charge < -0.3 is 19.5 Å². The lowest BCUT2D eigenvalue weighted by molar-refractivity contribution is -0.170. The fourth-order valence-electron chi connectivity index (χ4n) is 1.97. The van der Waals surface area contributed by atoms with Crippen molar-refractivity contribution in [2.45, 2.75) is 13.2 Å². The molecule has 0 bridgehead atoms. The number of allylic oxidation sites excluding steroid dienone is 2. The molecule has 1 heterocycles. The van der Waals surface area contributed by atoms with Crippen molar-refractivity contribution in [1.82, 2.24) is 5.32 Å². The number of ether oxygens (including phenoxy) is 3. The van der Waals surface area contributed by atoms with Crippen LogP contribution in [0.5, 0.6) is 5.75 Å². The second-order valence-electron chi connectivity index (χ2n) is 4.97. The van der Waals surface area contributed by atoms with Crippen LogP contribution in [-0.4, -0.2) is 36.7 Å². The van der Waals surface area contributed by atoms with E-state index in [4.69, 9.17) is 21.7 Å². The largest absolute Gasteiger partial charge is 0.464 e. The molecule has 0 aromatic heterocycles. The van der Waals surface area contributed by atoms with Gasteiger partial charge in [-0.05, 0) is 30.2 Å². The van der Waals surface area contributed by atoms with Crippen molar-refractivity contribution in [2.24, 2.45) is 0 Å². The van der Waals surface area contributed by atoms with Crippen LogP contribution in [0.1, 0.15) is 12.5 Å². The number of thioether (sulfide) groups is 1. The Bertz CT molecular complexity index is 757. The number of methoxy groups -OCH3 is 2. The summed E-state index contributed by atoms with van der Waals surface area (Å²) in [6.07, 6.45) is 2.53. The molecule has 8 heteroatoms. The first-order valence-electron chi connectivity index (χ1n) is 7.24. The van der Waals surface area contributed by atoms with Crippen LogP contribution in [0.2, 0.25) is 0 Å². The zero-order chi connectivity index (χ0) is 18.4. The average molecular weight is 379 g/mol. The lowest BCUT2D eigenvalue weighted by atomic mass is 10.1. The van der Waals surface area contributed by atoms with E-state index in [9.17, 15) is 9.59 Å². The van der Waals surface area contributed by atoms with Crippen molar-refractivity contribution in [3.63, 3.8) is 0 Å². The Morgan fingerprint density at radius 2 is 2.12 bits per heavy atom. The monoisotopic (exact) mass is 379 g/mol. The SMILES string of the molecule is COC(=O)C(OC)Oc1cccc(C=CC(C)=C2SC(=S)NC2=O)c1. The lowest BCUT2D eigenvalue weighted by Gasteiger charge is -2.15. The van der Waals surface area contributed by atoms with Gasteiger partial charge in [0.05, 0.1) is 12.0 Å². The first-order chi connectivity index (χ1) is 11.9. The van der Waals surface area contributed by atoms with E-state index in [0.717, 1.165) is 11.1 Å². The van der Waals surface area contributed by atoms with Crippen molar-refractivity contribution in [2.75, 3.05) is 14.2 Å². The molecule has 2 rings (SSSR count). The summed E-state index contributed by atoms with van der Waals surface area (Å²) in [7, 11) is 2.62. The van der Waals surface area contributed by atoms with E-state index in [2.05, 4.69) is 10.1 Å². The fraction of sp³-hybridized carbons (Fsp3) is 0.235. The topological polar surface area (TPSA) is 73.9 Å². The highest BCUT2D eigenvalue weighted by molar-refractivity contribution is 8.26. The summed E-state index contributed by atoms with van der Waals surface area (Å²) >= 11 is 6.22. The number of carbonyl (C=O) groups is 2. The van der Waals surface area contributed by atoms with Crippen molar-refractivity contribution in [3.05, 3.63) is 46.4 Å². The van der Waals surface area contributed by atoms with Gasteiger partial charge in [0.2, 0.25) is 0 Å². The molecular formula is C17H17NO5S2. The van der Waals surface area contributed by atoms with E-state index >= 15 is 0 Å². The third-order valence-corrected chi connectivity index (χ3v) is 4.56. The minimum Gasteiger partial charge on any atom is -0.464 e. The third-order valence-electron chi connectivity index (χ3n) is 3.21. The molecule has 25 heavy (non-hydrogen) atoms. The van der Waals surface area contributed by atoms with E-state index < -0.39 is 12.3 Å². The summed E-state index contributed by atoms with van der Waals surface area (Å²) < 4.78 is 15.5. The van der Waals surface area contributed by atoms with E-state index in [1.165, 1.54) is 26.0 Å². The molecule has 0 aliphatic carbocycles. The molecule has 0 spiro atoms. The van der Waals surface area contributed by atoms with Gasteiger partial charge in [0.1, 0.15) is 10.1 Å². The maximum absolute atomic E-state index is 11.7. The quantitative estimate of drug-likeness (QED) is 0.352. The highest BCUT2D eigenvalue weighted by atomic mass is 32.2. The Labute approximate surface area is 155 Å². The van der Waals surface area contributed by atoms with Crippen LogP contribution in [-0.2, 0) is 19.1 Å². The number of thiocarbonyl (C=S) groups is 1. The van der Waals surface area contributed by atoms with Crippen LogP contribution < -0.4 is 10.1 Å². The number of benzene rings is 1. The molecule has 1 aromatic carbocycles. The summed E-state index contributed by atoms with van der Waals surface area (Å²) in [6, 6.07) is 7.10. The van der Waals surface area contributed by atoms with E-state index in [1.54, 1.807) is 18.2 Å². The number of hydrogen-bond donors (Lipinski definition) is 1. The molecule has 0 radical (unpaired) electrons. The van der Waals surface area contributed by atoms with Gasteiger partial charge in [-0.1, -0.05) is 48.3 Å². The van der Waals surface area contributed by atoms with Gasteiger partial charge in [0, 0.05) is 7.11 Å². The highest BCUT2D eigenvalue weighted by Gasteiger charge is 2.23. The summed E-state index contributed by atoms with van der Waals surface area (Å²) in [4.78, 5) is 23.8. The molecule has 6 nitrogen and oxygen atoms in total. The first-order valence-corrected chi connectivity index (χ1v) is 8.46. The lowest BCUT2D eigenvalue weighted by Crippen LogP contribution is -2.30. The van der Waals surface area contributed by atoms with Gasteiger partial charge in [0.25, 0.3) is 12.2 Å². The zero-order valence-corrected chi connectivity index (χ0v) is 15.5. The third kappa shape index (κ3) is 5.15. The van der Waals surface area contributed by atoms with Crippen LogP contribution in [0.25, 0.3) is 6.08 Å². The predicted molar refractivity (Wildman–Crippen MR) is 99.9 cm³/mol. The second-order valence-corrected chi connectivity index (χ2v) is 6.66. The van der Waals surface area contributed by atoms with E-state index in [-0.39, 0.29) is 5.91 Å². The Kier molecular flexibility index (Phi) is 6.74. The van der Waals surface area contributed by atoms with Gasteiger partial charge in [-0.2, -0.15) is 0 Å². The van der Waals surface area contributed by atoms with Crippen LogP contribution in [0, 0.1) is 0 Å². The maximum atomic E-state index is 11.7. The van der Waals surface area contributed by atoms with E-state index in [0.29, 0.717) is 15.0 Å². The Hall–Kier alpha value is -2.16. The smallest absolute Gasteiger partial charge is 0.376 e. The van der Waals surface area contributed by atoms with Gasteiger partial charge in [-0.3, -0.25) is 4.79 Å². The Balaban J connectivity index is 2.13. The summed E-state index contributed by atoms with van der Waals surface area (Å²) in [5.41, 5.74) is 1.64. The van der Waals surface area contributed by atoms with Gasteiger partial charge in [-0.25, -0.2) is 4.79 Å². The van der Waals surface area contributed by atoms with Crippen LogP contribution in [0.15, 0.2) is 40.8 Å². The minimum absolute atomic E-state index is 0.185. The fourth-order valence-corrected chi connectivity index (χ4v) is 3.02. The normalized spacial score (nSPS) is 17.4. The molecule has 1 aliphatic rings. The average Bonchev–Trinajstić information content (AvgIpc) is 2.95.